The van der Waals surface area contributed by atoms with E-state index in [2.05, 4.69) is 9.97 Å². The van der Waals surface area contributed by atoms with Gasteiger partial charge in [0.05, 0.1) is 17.8 Å². The van der Waals surface area contributed by atoms with E-state index in [1.165, 1.54) is 11.3 Å². The van der Waals surface area contributed by atoms with Crippen molar-refractivity contribution in [2.24, 2.45) is 0 Å². The van der Waals surface area contributed by atoms with Crippen molar-refractivity contribution in [3.63, 3.8) is 0 Å². The molecule has 3 rings (SSSR count). The summed E-state index contributed by atoms with van der Waals surface area (Å²) in [6.45, 7) is 1.21. The number of carbonyl (C=O) groups excluding carboxylic acids is 1. The first kappa shape index (κ1) is 11.2. The van der Waals surface area contributed by atoms with Gasteiger partial charge in [-0.2, -0.15) is 11.3 Å². The third kappa shape index (κ3) is 1.95. The lowest BCUT2D eigenvalue weighted by Crippen LogP contribution is -2.36. The fourth-order valence-electron chi connectivity index (χ4n) is 2.06. The highest BCUT2D eigenvalue weighted by molar-refractivity contribution is 7.08. The Morgan fingerprint density at radius 1 is 1.50 bits per heavy atom. The second-order valence-corrected chi connectivity index (χ2v) is 4.97. The minimum atomic E-state index is 0.0547. The SMILES string of the molecule is Nc1ncc2c(n1)CN(C(=O)c1ccsc1)CC2. The molecule has 0 saturated heterocycles. The van der Waals surface area contributed by atoms with Gasteiger partial charge in [-0.15, -0.1) is 0 Å². The standard InChI is InChI=1S/C12H12N4OS/c13-12-14-5-8-1-3-16(6-10(8)15-12)11(17)9-2-4-18-7-9/h2,4-5,7H,1,3,6H2,(H2,13,14,15). The van der Waals surface area contributed by atoms with E-state index in [1.807, 2.05) is 16.8 Å². The molecule has 0 fully saturated rings. The summed E-state index contributed by atoms with van der Waals surface area (Å²) in [5.74, 6) is 0.317. The minimum absolute atomic E-state index is 0.0547. The first-order valence-corrected chi connectivity index (χ1v) is 6.60. The van der Waals surface area contributed by atoms with E-state index in [0.717, 1.165) is 23.2 Å². The molecule has 2 aromatic rings. The van der Waals surface area contributed by atoms with Gasteiger partial charge in [0.15, 0.2) is 0 Å². The average Bonchev–Trinajstić information content (AvgIpc) is 2.90. The Morgan fingerprint density at radius 2 is 2.39 bits per heavy atom. The molecule has 2 aromatic heterocycles. The number of fused-ring (bicyclic) bond motifs is 1. The normalized spacial score (nSPS) is 14.3. The quantitative estimate of drug-likeness (QED) is 0.839. The zero-order valence-corrected chi connectivity index (χ0v) is 10.5. The van der Waals surface area contributed by atoms with Crippen molar-refractivity contribution in [1.29, 1.82) is 0 Å². The molecular weight excluding hydrogens is 248 g/mol. The summed E-state index contributed by atoms with van der Waals surface area (Å²) >= 11 is 1.53. The third-order valence-electron chi connectivity index (χ3n) is 3.02. The van der Waals surface area contributed by atoms with Crippen LogP contribution >= 0.6 is 11.3 Å². The van der Waals surface area contributed by atoms with Gasteiger partial charge < -0.3 is 10.6 Å². The number of aromatic nitrogens is 2. The highest BCUT2D eigenvalue weighted by atomic mass is 32.1. The van der Waals surface area contributed by atoms with Crippen LogP contribution in [0.2, 0.25) is 0 Å². The fourth-order valence-corrected chi connectivity index (χ4v) is 2.69. The molecule has 0 atom stereocenters. The lowest BCUT2D eigenvalue weighted by Gasteiger charge is -2.27. The Balaban J connectivity index is 1.84. The van der Waals surface area contributed by atoms with E-state index in [1.54, 1.807) is 11.1 Å². The highest BCUT2D eigenvalue weighted by Gasteiger charge is 2.23. The molecule has 92 valence electrons. The van der Waals surface area contributed by atoms with E-state index >= 15 is 0 Å². The molecule has 0 saturated carbocycles. The van der Waals surface area contributed by atoms with Crippen molar-refractivity contribution in [1.82, 2.24) is 14.9 Å². The van der Waals surface area contributed by atoms with Crippen LogP contribution in [-0.4, -0.2) is 27.3 Å². The number of nitrogens with two attached hydrogens (primary N) is 1. The second-order valence-electron chi connectivity index (χ2n) is 4.19. The number of carbonyl (C=O) groups is 1. The van der Waals surface area contributed by atoms with Gasteiger partial charge in [-0.05, 0) is 23.4 Å². The largest absolute Gasteiger partial charge is 0.368 e. The Kier molecular flexibility index (Phi) is 2.71. The predicted molar refractivity (Wildman–Crippen MR) is 69.2 cm³/mol. The summed E-state index contributed by atoms with van der Waals surface area (Å²) < 4.78 is 0. The van der Waals surface area contributed by atoms with E-state index < -0.39 is 0 Å². The van der Waals surface area contributed by atoms with E-state index in [0.29, 0.717) is 13.1 Å². The molecule has 1 amide bonds. The summed E-state index contributed by atoms with van der Waals surface area (Å²) in [5, 5.41) is 3.78. The number of rotatable bonds is 1. The average molecular weight is 260 g/mol. The minimum Gasteiger partial charge on any atom is -0.368 e. The number of hydrogen-bond donors (Lipinski definition) is 1. The second kappa shape index (κ2) is 4.38. The molecule has 0 spiro atoms. The van der Waals surface area contributed by atoms with Gasteiger partial charge in [0.25, 0.3) is 5.91 Å². The van der Waals surface area contributed by atoms with Crippen LogP contribution in [0.4, 0.5) is 5.95 Å². The molecule has 6 heteroatoms. The molecule has 3 heterocycles. The van der Waals surface area contributed by atoms with Crippen molar-refractivity contribution >= 4 is 23.2 Å². The zero-order chi connectivity index (χ0) is 12.5. The molecule has 0 bridgehead atoms. The van der Waals surface area contributed by atoms with Crippen molar-refractivity contribution in [3.05, 3.63) is 39.8 Å². The van der Waals surface area contributed by atoms with E-state index in [4.69, 9.17) is 5.73 Å². The van der Waals surface area contributed by atoms with Crippen LogP contribution in [0.25, 0.3) is 0 Å². The number of thiophene rings is 1. The van der Waals surface area contributed by atoms with Crippen molar-refractivity contribution < 1.29 is 4.79 Å². The molecule has 18 heavy (non-hydrogen) atoms. The summed E-state index contributed by atoms with van der Waals surface area (Å²) in [5.41, 5.74) is 8.26. The van der Waals surface area contributed by atoms with Crippen LogP contribution in [0.15, 0.2) is 23.0 Å². The van der Waals surface area contributed by atoms with Crippen LogP contribution in [0.5, 0.6) is 0 Å². The van der Waals surface area contributed by atoms with Gasteiger partial charge in [-0.3, -0.25) is 4.79 Å². The Bertz CT molecular complexity index is 582. The molecule has 0 aliphatic carbocycles. The maximum atomic E-state index is 12.2. The maximum Gasteiger partial charge on any atom is 0.255 e. The van der Waals surface area contributed by atoms with E-state index in [-0.39, 0.29) is 11.9 Å². The van der Waals surface area contributed by atoms with Crippen LogP contribution in [0.3, 0.4) is 0 Å². The van der Waals surface area contributed by atoms with Crippen molar-refractivity contribution in [2.75, 3.05) is 12.3 Å². The molecule has 1 aliphatic rings. The summed E-state index contributed by atoms with van der Waals surface area (Å²) in [7, 11) is 0. The van der Waals surface area contributed by atoms with Crippen molar-refractivity contribution in [2.45, 2.75) is 13.0 Å². The number of amides is 1. The van der Waals surface area contributed by atoms with Gasteiger partial charge in [0.2, 0.25) is 5.95 Å². The Hall–Kier alpha value is -1.95. The van der Waals surface area contributed by atoms with Gasteiger partial charge in [0, 0.05) is 18.1 Å². The molecule has 0 radical (unpaired) electrons. The lowest BCUT2D eigenvalue weighted by atomic mass is 10.1. The number of nitrogens with zero attached hydrogens (tertiary/aromatic N) is 3. The highest BCUT2D eigenvalue weighted by Crippen LogP contribution is 2.19. The number of nitrogen functional groups attached to an aromatic ring is 1. The van der Waals surface area contributed by atoms with Crippen LogP contribution in [-0.2, 0) is 13.0 Å². The molecule has 1 aliphatic heterocycles. The molecule has 2 N–H and O–H groups in total. The Morgan fingerprint density at radius 3 is 3.17 bits per heavy atom. The summed E-state index contributed by atoms with van der Waals surface area (Å²) in [6.07, 6.45) is 2.54. The number of hydrogen-bond acceptors (Lipinski definition) is 5. The van der Waals surface area contributed by atoms with Crippen LogP contribution < -0.4 is 5.73 Å². The Labute approximate surface area is 108 Å². The molecular formula is C12H12N4OS. The summed E-state index contributed by atoms with van der Waals surface area (Å²) in [4.78, 5) is 22.2. The monoisotopic (exact) mass is 260 g/mol. The molecule has 5 nitrogen and oxygen atoms in total. The molecule has 0 unspecified atom stereocenters. The smallest absolute Gasteiger partial charge is 0.255 e. The van der Waals surface area contributed by atoms with Gasteiger partial charge >= 0.3 is 0 Å². The van der Waals surface area contributed by atoms with Crippen LogP contribution in [0.1, 0.15) is 21.6 Å². The molecule has 0 aromatic carbocycles. The van der Waals surface area contributed by atoms with Crippen LogP contribution in [0, 0.1) is 0 Å². The topological polar surface area (TPSA) is 72.1 Å². The van der Waals surface area contributed by atoms with Crippen molar-refractivity contribution in [3.8, 4) is 0 Å². The first-order chi connectivity index (χ1) is 8.74. The number of anilines is 1. The predicted octanol–water partition coefficient (Wildman–Crippen LogP) is 1.32. The summed E-state index contributed by atoms with van der Waals surface area (Å²) in [6, 6.07) is 1.84. The fraction of sp³-hybridized carbons (Fsp3) is 0.250. The maximum absolute atomic E-state index is 12.2. The van der Waals surface area contributed by atoms with Gasteiger partial charge in [-0.25, -0.2) is 9.97 Å². The lowest BCUT2D eigenvalue weighted by molar-refractivity contribution is 0.0732. The third-order valence-corrected chi connectivity index (χ3v) is 3.70. The van der Waals surface area contributed by atoms with Gasteiger partial charge in [-0.1, -0.05) is 0 Å². The first-order valence-electron chi connectivity index (χ1n) is 5.66. The van der Waals surface area contributed by atoms with E-state index in [9.17, 15) is 4.79 Å². The van der Waals surface area contributed by atoms with Gasteiger partial charge in [0.1, 0.15) is 0 Å². The zero-order valence-electron chi connectivity index (χ0n) is 9.67.